The molecule has 2 rings (SSSR count). The van der Waals surface area contributed by atoms with Gasteiger partial charge in [-0.3, -0.25) is 0 Å². The molecule has 1 aromatic carbocycles. The zero-order valence-electron chi connectivity index (χ0n) is 10.2. The maximum atomic E-state index is 6.15. The number of ether oxygens (including phenoxy) is 1. The standard InChI is InChI=1S/C12H14ClN3OS/c1-3-11-15-12(18-16-11)14-7-8-9(13)5-4-6-10(8)17-2/h4-6H,3,7H2,1-2H3,(H,14,15,16). The average molecular weight is 284 g/mol. The Morgan fingerprint density at radius 3 is 2.94 bits per heavy atom. The molecule has 0 aliphatic rings. The number of methoxy groups -OCH3 is 1. The molecule has 18 heavy (non-hydrogen) atoms. The van der Waals surface area contributed by atoms with E-state index < -0.39 is 0 Å². The monoisotopic (exact) mass is 283 g/mol. The Morgan fingerprint density at radius 1 is 1.44 bits per heavy atom. The van der Waals surface area contributed by atoms with Crippen LogP contribution in [0, 0.1) is 0 Å². The molecule has 0 bridgehead atoms. The SMILES string of the molecule is CCc1nsc(NCc2c(Cl)cccc2OC)n1. The summed E-state index contributed by atoms with van der Waals surface area (Å²) in [6.07, 6.45) is 0.841. The van der Waals surface area contributed by atoms with E-state index in [9.17, 15) is 0 Å². The summed E-state index contributed by atoms with van der Waals surface area (Å²) in [5, 5.41) is 4.69. The number of hydrogen-bond acceptors (Lipinski definition) is 5. The van der Waals surface area contributed by atoms with Crippen LogP contribution in [0.3, 0.4) is 0 Å². The predicted octanol–water partition coefficient (Wildman–Crippen LogP) is 3.37. The molecule has 1 N–H and O–H groups in total. The van der Waals surface area contributed by atoms with Gasteiger partial charge >= 0.3 is 0 Å². The van der Waals surface area contributed by atoms with Gasteiger partial charge < -0.3 is 10.1 Å². The fourth-order valence-electron chi connectivity index (χ4n) is 1.54. The maximum Gasteiger partial charge on any atom is 0.202 e. The average Bonchev–Trinajstić information content (AvgIpc) is 2.85. The van der Waals surface area contributed by atoms with Crippen LogP contribution in [0.1, 0.15) is 18.3 Å². The first-order valence-corrected chi connectivity index (χ1v) is 6.77. The van der Waals surface area contributed by atoms with Gasteiger partial charge in [0.15, 0.2) is 0 Å². The number of anilines is 1. The summed E-state index contributed by atoms with van der Waals surface area (Å²) >= 11 is 7.51. The van der Waals surface area contributed by atoms with Crippen molar-refractivity contribution in [3.63, 3.8) is 0 Å². The Kier molecular flexibility index (Phi) is 4.38. The molecule has 0 saturated carbocycles. The topological polar surface area (TPSA) is 47.0 Å². The van der Waals surface area contributed by atoms with Gasteiger partial charge in [0.05, 0.1) is 7.11 Å². The molecule has 1 aromatic heterocycles. The summed E-state index contributed by atoms with van der Waals surface area (Å²) in [6.45, 7) is 2.60. The van der Waals surface area contributed by atoms with Crippen LogP contribution < -0.4 is 10.1 Å². The highest BCUT2D eigenvalue weighted by Gasteiger charge is 2.08. The Balaban J connectivity index is 2.10. The molecule has 0 radical (unpaired) electrons. The summed E-state index contributed by atoms with van der Waals surface area (Å²) in [5.41, 5.74) is 0.926. The molecule has 0 spiro atoms. The van der Waals surface area contributed by atoms with Gasteiger partial charge in [-0.05, 0) is 12.1 Å². The van der Waals surface area contributed by atoms with Gasteiger partial charge in [0.1, 0.15) is 11.6 Å². The third-order valence-electron chi connectivity index (χ3n) is 2.50. The highest BCUT2D eigenvalue weighted by atomic mass is 35.5. The van der Waals surface area contributed by atoms with Gasteiger partial charge in [0.25, 0.3) is 0 Å². The Morgan fingerprint density at radius 2 is 2.28 bits per heavy atom. The van der Waals surface area contributed by atoms with E-state index in [2.05, 4.69) is 14.7 Å². The Labute approximate surface area is 115 Å². The van der Waals surface area contributed by atoms with E-state index in [1.54, 1.807) is 7.11 Å². The lowest BCUT2D eigenvalue weighted by molar-refractivity contribution is 0.410. The van der Waals surface area contributed by atoms with Gasteiger partial charge in [-0.25, -0.2) is 4.98 Å². The molecule has 0 saturated heterocycles. The van der Waals surface area contributed by atoms with Crippen molar-refractivity contribution in [1.82, 2.24) is 9.36 Å². The van der Waals surface area contributed by atoms with Gasteiger partial charge in [0.2, 0.25) is 5.13 Å². The highest BCUT2D eigenvalue weighted by molar-refractivity contribution is 7.09. The number of nitrogens with one attached hydrogen (secondary N) is 1. The largest absolute Gasteiger partial charge is 0.496 e. The second kappa shape index (κ2) is 6.02. The van der Waals surface area contributed by atoms with Crippen LogP contribution in [0.4, 0.5) is 5.13 Å². The molecule has 6 heteroatoms. The molecule has 0 aliphatic carbocycles. The van der Waals surface area contributed by atoms with Crippen LogP contribution in [0.15, 0.2) is 18.2 Å². The minimum absolute atomic E-state index is 0.571. The summed E-state index contributed by atoms with van der Waals surface area (Å²) in [4.78, 5) is 4.34. The third-order valence-corrected chi connectivity index (χ3v) is 3.56. The van der Waals surface area contributed by atoms with E-state index in [-0.39, 0.29) is 0 Å². The van der Waals surface area contributed by atoms with E-state index in [1.165, 1.54) is 11.5 Å². The first-order valence-electron chi connectivity index (χ1n) is 5.62. The molecule has 2 aromatic rings. The van der Waals surface area contributed by atoms with Crippen LogP contribution in [0.2, 0.25) is 5.02 Å². The molecule has 0 amide bonds. The molecular weight excluding hydrogens is 270 g/mol. The number of benzene rings is 1. The molecule has 0 unspecified atom stereocenters. The summed E-state index contributed by atoms with van der Waals surface area (Å²) < 4.78 is 9.50. The highest BCUT2D eigenvalue weighted by Crippen LogP contribution is 2.27. The van der Waals surface area contributed by atoms with Gasteiger partial charge in [-0.1, -0.05) is 24.6 Å². The van der Waals surface area contributed by atoms with Crippen molar-refractivity contribution in [2.24, 2.45) is 0 Å². The van der Waals surface area contributed by atoms with E-state index in [1.807, 2.05) is 25.1 Å². The fourth-order valence-corrected chi connectivity index (χ4v) is 2.41. The second-order valence-electron chi connectivity index (χ2n) is 3.64. The Bertz CT molecular complexity index is 530. The number of aryl methyl sites for hydroxylation is 1. The molecule has 96 valence electrons. The van der Waals surface area contributed by atoms with Gasteiger partial charge in [-0.2, -0.15) is 4.37 Å². The molecule has 0 atom stereocenters. The molecule has 0 aliphatic heterocycles. The first kappa shape index (κ1) is 13.1. The van der Waals surface area contributed by atoms with Crippen molar-refractivity contribution in [2.45, 2.75) is 19.9 Å². The van der Waals surface area contributed by atoms with Crippen LogP contribution in [0.25, 0.3) is 0 Å². The van der Waals surface area contributed by atoms with Crippen molar-refractivity contribution in [2.75, 3.05) is 12.4 Å². The van der Waals surface area contributed by atoms with E-state index in [4.69, 9.17) is 16.3 Å². The van der Waals surface area contributed by atoms with E-state index in [0.29, 0.717) is 11.6 Å². The predicted molar refractivity (Wildman–Crippen MR) is 74.6 cm³/mol. The maximum absolute atomic E-state index is 6.15. The first-order chi connectivity index (χ1) is 8.74. The molecule has 4 nitrogen and oxygen atoms in total. The third kappa shape index (κ3) is 2.91. The lowest BCUT2D eigenvalue weighted by atomic mass is 10.2. The van der Waals surface area contributed by atoms with Gasteiger partial charge in [0, 0.05) is 35.1 Å². The van der Waals surface area contributed by atoms with Crippen molar-refractivity contribution >= 4 is 28.3 Å². The van der Waals surface area contributed by atoms with Crippen molar-refractivity contribution in [3.8, 4) is 5.75 Å². The Hall–Kier alpha value is -1.33. The summed E-state index contributed by atoms with van der Waals surface area (Å²) in [7, 11) is 1.63. The zero-order valence-corrected chi connectivity index (χ0v) is 11.8. The number of hydrogen-bond donors (Lipinski definition) is 1. The van der Waals surface area contributed by atoms with Crippen molar-refractivity contribution < 1.29 is 4.74 Å². The quantitative estimate of drug-likeness (QED) is 0.914. The lowest BCUT2D eigenvalue weighted by Gasteiger charge is -2.10. The number of halogens is 1. The minimum Gasteiger partial charge on any atom is -0.496 e. The zero-order chi connectivity index (χ0) is 13.0. The van der Waals surface area contributed by atoms with E-state index in [0.717, 1.165) is 28.7 Å². The molecule has 1 heterocycles. The van der Waals surface area contributed by atoms with Gasteiger partial charge in [-0.15, -0.1) is 0 Å². The smallest absolute Gasteiger partial charge is 0.202 e. The van der Waals surface area contributed by atoms with Crippen molar-refractivity contribution in [3.05, 3.63) is 34.6 Å². The van der Waals surface area contributed by atoms with Crippen LogP contribution in [0.5, 0.6) is 5.75 Å². The normalized spacial score (nSPS) is 10.4. The number of nitrogens with zero attached hydrogens (tertiary/aromatic N) is 2. The molecule has 0 fully saturated rings. The fraction of sp³-hybridized carbons (Fsp3) is 0.333. The van der Waals surface area contributed by atoms with Crippen LogP contribution in [-0.2, 0) is 13.0 Å². The van der Waals surface area contributed by atoms with Crippen LogP contribution >= 0.6 is 23.1 Å². The lowest BCUT2D eigenvalue weighted by Crippen LogP contribution is -2.02. The molecular formula is C12H14ClN3OS. The minimum atomic E-state index is 0.571. The summed E-state index contributed by atoms with van der Waals surface area (Å²) in [6, 6.07) is 5.60. The second-order valence-corrected chi connectivity index (χ2v) is 4.80. The van der Waals surface area contributed by atoms with Crippen molar-refractivity contribution in [1.29, 1.82) is 0 Å². The summed E-state index contributed by atoms with van der Waals surface area (Å²) in [5.74, 6) is 1.63. The number of aromatic nitrogens is 2. The van der Waals surface area contributed by atoms with E-state index >= 15 is 0 Å². The number of rotatable bonds is 5. The van der Waals surface area contributed by atoms with Crippen LogP contribution in [-0.4, -0.2) is 16.5 Å².